The second kappa shape index (κ2) is 8.04. The number of hydrogen-bond donors (Lipinski definition) is 1. The molecule has 0 aromatic heterocycles. The fraction of sp³-hybridized carbons (Fsp3) is 0.632. The van der Waals surface area contributed by atoms with E-state index in [9.17, 15) is 9.18 Å². The van der Waals surface area contributed by atoms with Crippen LogP contribution in [0.1, 0.15) is 39.5 Å². The summed E-state index contributed by atoms with van der Waals surface area (Å²) in [5.74, 6) is -0.310. The van der Waals surface area contributed by atoms with Crippen molar-refractivity contribution in [3.63, 3.8) is 0 Å². The van der Waals surface area contributed by atoms with E-state index in [0.29, 0.717) is 24.5 Å². The molecule has 138 valence electrons. The van der Waals surface area contributed by atoms with Crippen molar-refractivity contribution in [3.8, 4) is 0 Å². The summed E-state index contributed by atoms with van der Waals surface area (Å²) in [5, 5.41) is 2.83. The summed E-state index contributed by atoms with van der Waals surface area (Å²) in [4.78, 5) is 16.2. The highest BCUT2D eigenvalue weighted by molar-refractivity contribution is 5.89. The number of halogens is 1. The molecule has 1 aromatic carbocycles. The summed E-state index contributed by atoms with van der Waals surface area (Å²) in [6.07, 6.45) is 4.56. The van der Waals surface area contributed by atoms with E-state index in [1.165, 1.54) is 18.9 Å². The molecule has 0 unspecified atom stereocenters. The average Bonchev–Trinajstić information content (AvgIpc) is 2.83. The number of rotatable bonds is 2. The predicted octanol–water partition coefficient (Wildman–Crippen LogP) is 3.85. The maximum atomic E-state index is 14.6. The van der Waals surface area contributed by atoms with Gasteiger partial charge in [0.15, 0.2) is 0 Å². The highest BCUT2D eigenvalue weighted by Gasteiger charge is 2.24. The van der Waals surface area contributed by atoms with Gasteiger partial charge in [0.05, 0.1) is 17.9 Å². The largest absolute Gasteiger partial charge is 0.372 e. The Kier molecular flexibility index (Phi) is 5.78. The van der Waals surface area contributed by atoms with Gasteiger partial charge in [0.25, 0.3) is 0 Å². The Hall–Kier alpha value is -1.82. The topological polar surface area (TPSA) is 44.8 Å². The molecule has 2 saturated heterocycles. The Morgan fingerprint density at radius 1 is 1.12 bits per heavy atom. The van der Waals surface area contributed by atoms with Gasteiger partial charge in [-0.1, -0.05) is 12.8 Å². The van der Waals surface area contributed by atoms with Crippen molar-refractivity contribution in [3.05, 3.63) is 24.0 Å². The van der Waals surface area contributed by atoms with Crippen molar-refractivity contribution in [2.45, 2.75) is 51.7 Å². The zero-order valence-corrected chi connectivity index (χ0v) is 15.1. The molecular formula is C19H28FN3O2. The predicted molar refractivity (Wildman–Crippen MR) is 97.7 cm³/mol. The van der Waals surface area contributed by atoms with Gasteiger partial charge in [-0.15, -0.1) is 0 Å². The molecule has 2 aliphatic rings. The lowest BCUT2D eigenvalue weighted by molar-refractivity contribution is -0.00539. The van der Waals surface area contributed by atoms with Crippen molar-refractivity contribution >= 4 is 17.4 Å². The minimum absolute atomic E-state index is 0.0746. The molecule has 6 heteroatoms. The summed E-state index contributed by atoms with van der Waals surface area (Å²) in [6, 6.07) is 4.80. The number of nitrogens with one attached hydrogen (secondary N) is 1. The average molecular weight is 349 g/mol. The second-order valence-electron chi connectivity index (χ2n) is 7.16. The van der Waals surface area contributed by atoms with E-state index >= 15 is 0 Å². The molecule has 25 heavy (non-hydrogen) atoms. The van der Waals surface area contributed by atoms with Gasteiger partial charge in [-0.25, -0.2) is 9.18 Å². The highest BCUT2D eigenvalue weighted by atomic mass is 19.1. The maximum Gasteiger partial charge on any atom is 0.321 e. The quantitative estimate of drug-likeness (QED) is 0.882. The first-order valence-electron chi connectivity index (χ1n) is 9.29. The van der Waals surface area contributed by atoms with Crippen molar-refractivity contribution in [2.75, 3.05) is 36.4 Å². The second-order valence-corrected chi connectivity index (χ2v) is 7.16. The summed E-state index contributed by atoms with van der Waals surface area (Å²) in [6.45, 7) is 6.88. The van der Waals surface area contributed by atoms with E-state index < -0.39 is 0 Å². The minimum Gasteiger partial charge on any atom is -0.372 e. The smallest absolute Gasteiger partial charge is 0.321 e. The first-order chi connectivity index (χ1) is 12.0. The molecule has 5 nitrogen and oxygen atoms in total. The third-order valence-electron chi connectivity index (χ3n) is 4.85. The van der Waals surface area contributed by atoms with Crippen LogP contribution in [0.4, 0.5) is 20.6 Å². The summed E-state index contributed by atoms with van der Waals surface area (Å²) in [5.41, 5.74) is 1.07. The van der Waals surface area contributed by atoms with Crippen molar-refractivity contribution in [1.82, 2.24) is 4.90 Å². The van der Waals surface area contributed by atoms with Gasteiger partial charge < -0.3 is 19.9 Å². The zero-order valence-electron chi connectivity index (χ0n) is 15.1. The molecule has 0 radical (unpaired) electrons. The number of morpholine rings is 1. The lowest BCUT2D eigenvalue weighted by atomic mass is 10.2. The highest BCUT2D eigenvalue weighted by Crippen LogP contribution is 2.26. The van der Waals surface area contributed by atoms with Crippen molar-refractivity contribution in [1.29, 1.82) is 0 Å². The van der Waals surface area contributed by atoms with Crippen molar-refractivity contribution in [2.24, 2.45) is 0 Å². The van der Waals surface area contributed by atoms with Crippen LogP contribution in [0, 0.1) is 5.82 Å². The number of carbonyl (C=O) groups excluding carboxylic acids is 1. The normalized spacial score (nSPS) is 24.8. The Morgan fingerprint density at radius 2 is 1.76 bits per heavy atom. The number of ether oxygens (including phenoxy) is 1. The molecule has 3 rings (SSSR count). The SMILES string of the molecule is C[C@H]1CN(c2ccc(NC(=O)N3CCCCCC3)cc2F)C[C@H](C)O1. The van der Waals surface area contributed by atoms with Crippen LogP contribution in [0.2, 0.25) is 0 Å². The van der Waals surface area contributed by atoms with Crippen LogP contribution >= 0.6 is 0 Å². The van der Waals surface area contributed by atoms with E-state index in [4.69, 9.17) is 4.74 Å². The van der Waals surface area contributed by atoms with E-state index in [-0.39, 0.29) is 24.1 Å². The van der Waals surface area contributed by atoms with Gasteiger partial charge in [0, 0.05) is 31.9 Å². The number of nitrogens with zero attached hydrogens (tertiary/aromatic N) is 2. The standard InChI is InChI=1S/C19H28FN3O2/c1-14-12-23(13-15(2)25-14)18-8-7-16(11-17(18)20)21-19(24)22-9-5-3-4-6-10-22/h7-8,11,14-15H,3-6,9-10,12-13H2,1-2H3,(H,21,24)/t14-,15-/m0/s1. The third kappa shape index (κ3) is 4.63. The fourth-order valence-electron chi connectivity index (χ4n) is 3.69. The lowest BCUT2D eigenvalue weighted by Crippen LogP contribution is -2.45. The van der Waals surface area contributed by atoms with Crippen LogP contribution in [0.5, 0.6) is 0 Å². The summed E-state index contributed by atoms with van der Waals surface area (Å²) >= 11 is 0. The van der Waals surface area contributed by atoms with Crippen LogP contribution in [0.3, 0.4) is 0 Å². The van der Waals surface area contributed by atoms with Crippen LogP contribution in [-0.2, 0) is 4.74 Å². The number of anilines is 2. The van der Waals surface area contributed by atoms with Crippen molar-refractivity contribution < 1.29 is 13.9 Å². The Bertz CT molecular complexity index is 592. The molecule has 1 N–H and O–H groups in total. The van der Waals surface area contributed by atoms with E-state index in [1.54, 1.807) is 12.1 Å². The molecule has 2 amide bonds. The van der Waals surface area contributed by atoms with Gasteiger partial charge >= 0.3 is 6.03 Å². The van der Waals surface area contributed by atoms with Crippen LogP contribution in [0.15, 0.2) is 18.2 Å². The van der Waals surface area contributed by atoms with E-state index in [2.05, 4.69) is 5.32 Å². The molecule has 2 fully saturated rings. The fourth-order valence-corrected chi connectivity index (χ4v) is 3.69. The number of benzene rings is 1. The summed E-state index contributed by atoms with van der Waals surface area (Å²) in [7, 11) is 0. The lowest BCUT2D eigenvalue weighted by Gasteiger charge is -2.37. The van der Waals surface area contributed by atoms with Gasteiger partial charge in [-0.05, 0) is 44.9 Å². The Morgan fingerprint density at radius 3 is 2.36 bits per heavy atom. The zero-order chi connectivity index (χ0) is 17.8. The van der Waals surface area contributed by atoms with E-state index in [0.717, 1.165) is 25.9 Å². The molecular weight excluding hydrogens is 321 g/mol. The number of likely N-dealkylation sites (tertiary alicyclic amines) is 1. The first kappa shape index (κ1) is 18.0. The molecule has 2 aliphatic heterocycles. The van der Waals surface area contributed by atoms with Crippen LogP contribution < -0.4 is 10.2 Å². The molecule has 2 heterocycles. The Balaban J connectivity index is 1.66. The molecule has 0 bridgehead atoms. The van der Waals surface area contributed by atoms with Gasteiger partial charge in [0.2, 0.25) is 0 Å². The number of amides is 2. The molecule has 0 spiro atoms. The minimum atomic E-state index is -0.310. The molecule has 2 atom stereocenters. The summed E-state index contributed by atoms with van der Waals surface area (Å²) < 4.78 is 20.3. The van der Waals surface area contributed by atoms with Gasteiger partial charge in [0.1, 0.15) is 5.82 Å². The first-order valence-corrected chi connectivity index (χ1v) is 9.29. The third-order valence-corrected chi connectivity index (χ3v) is 4.85. The monoisotopic (exact) mass is 349 g/mol. The van der Waals surface area contributed by atoms with Crippen LogP contribution in [0.25, 0.3) is 0 Å². The Labute approximate surface area is 149 Å². The number of hydrogen-bond acceptors (Lipinski definition) is 3. The maximum absolute atomic E-state index is 14.6. The molecule has 0 saturated carbocycles. The van der Waals surface area contributed by atoms with Crippen LogP contribution in [-0.4, -0.2) is 49.3 Å². The number of urea groups is 1. The van der Waals surface area contributed by atoms with Gasteiger partial charge in [-0.3, -0.25) is 0 Å². The van der Waals surface area contributed by atoms with E-state index in [1.807, 2.05) is 23.6 Å². The molecule has 0 aliphatic carbocycles. The number of carbonyl (C=O) groups is 1. The molecule has 1 aromatic rings. The van der Waals surface area contributed by atoms with Gasteiger partial charge in [-0.2, -0.15) is 0 Å².